The van der Waals surface area contributed by atoms with Crippen LogP contribution in [-0.2, 0) is 0 Å². The van der Waals surface area contributed by atoms with E-state index < -0.39 is 0 Å². The number of anilines is 1. The highest BCUT2D eigenvalue weighted by Crippen LogP contribution is 2.35. The van der Waals surface area contributed by atoms with Crippen LogP contribution < -0.4 is 19.5 Å². The van der Waals surface area contributed by atoms with Gasteiger partial charge in [0, 0.05) is 5.56 Å². The molecule has 0 aliphatic rings. The summed E-state index contributed by atoms with van der Waals surface area (Å²) in [6.07, 6.45) is 1.53. The number of hydrogen-bond acceptors (Lipinski definition) is 6. The molecule has 3 rings (SSSR count). The maximum atomic E-state index is 12.5. The van der Waals surface area contributed by atoms with E-state index in [4.69, 9.17) is 18.7 Å². The van der Waals surface area contributed by atoms with Gasteiger partial charge in [0.2, 0.25) is 5.88 Å². The molecule has 0 saturated carbocycles. The first-order valence-electron chi connectivity index (χ1n) is 7.78. The van der Waals surface area contributed by atoms with Crippen LogP contribution in [0.1, 0.15) is 10.4 Å². The van der Waals surface area contributed by atoms with E-state index in [-0.39, 0.29) is 11.8 Å². The highest BCUT2D eigenvalue weighted by Gasteiger charge is 2.17. The van der Waals surface area contributed by atoms with Gasteiger partial charge >= 0.3 is 0 Å². The molecule has 7 heteroatoms. The molecular formula is C19H18N2O5. The predicted octanol–water partition coefficient (Wildman–Crippen LogP) is 3.62. The van der Waals surface area contributed by atoms with E-state index >= 15 is 0 Å². The fraction of sp³-hybridized carbons (Fsp3) is 0.158. The first-order chi connectivity index (χ1) is 12.7. The summed E-state index contributed by atoms with van der Waals surface area (Å²) in [6.45, 7) is 0. The third-order valence-electron chi connectivity index (χ3n) is 3.82. The molecule has 0 radical (unpaired) electrons. The lowest BCUT2D eigenvalue weighted by atomic mass is 10.1. The molecule has 1 heterocycles. The topological polar surface area (TPSA) is 82.8 Å². The fourth-order valence-corrected chi connectivity index (χ4v) is 2.48. The number of carbonyl (C=O) groups is 1. The number of carbonyl (C=O) groups excluding carboxylic acids is 1. The van der Waals surface area contributed by atoms with Crippen LogP contribution in [0, 0.1) is 0 Å². The van der Waals surface area contributed by atoms with Crippen LogP contribution in [0.5, 0.6) is 17.2 Å². The Kier molecular flexibility index (Phi) is 5.07. The molecule has 0 bridgehead atoms. The highest BCUT2D eigenvalue weighted by molar-refractivity contribution is 6.05. The summed E-state index contributed by atoms with van der Waals surface area (Å²) >= 11 is 0. The SMILES string of the molecule is COc1cccc(C(=O)Nc2oncc2-c2ccc(OC)c(OC)c2)c1. The van der Waals surface area contributed by atoms with Crippen molar-refractivity contribution in [3.05, 3.63) is 54.2 Å². The van der Waals surface area contributed by atoms with Gasteiger partial charge in [0.05, 0.1) is 33.1 Å². The molecule has 0 aliphatic carbocycles. The third kappa shape index (κ3) is 3.46. The highest BCUT2D eigenvalue weighted by atomic mass is 16.5. The quantitative estimate of drug-likeness (QED) is 0.728. The minimum Gasteiger partial charge on any atom is -0.497 e. The van der Waals surface area contributed by atoms with Crippen molar-refractivity contribution in [2.24, 2.45) is 0 Å². The van der Waals surface area contributed by atoms with Crippen molar-refractivity contribution < 1.29 is 23.5 Å². The number of ether oxygens (including phenoxy) is 3. The van der Waals surface area contributed by atoms with Crippen molar-refractivity contribution in [1.29, 1.82) is 0 Å². The Morgan fingerprint density at radius 2 is 1.81 bits per heavy atom. The summed E-state index contributed by atoms with van der Waals surface area (Å²) in [4.78, 5) is 12.5. The average molecular weight is 354 g/mol. The molecule has 0 unspecified atom stereocenters. The van der Waals surface area contributed by atoms with Crippen LogP contribution in [0.15, 0.2) is 53.2 Å². The van der Waals surface area contributed by atoms with E-state index in [2.05, 4.69) is 10.5 Å². The number of methoxy groups -OCH3 is 3. The van der Waals surface area contributed by atoms with Crippen LogP contribution in [0.25, 0.3) is 11.1 Å². The largest absolute Gasteiger partial charge is 0.497 e. The predicted molar refractivity (Wildman–Crippen MR) is 96.0 cm³/mol. The second-order valence-corrected chi connectivity index (χ2v) is 5.32. The number of aromatic nitrogens is 1. The Morgan fingerprint density at radius 3 is 2.54 bits per heavy atom. The maximum Gasteiger partial charge on any atom is 0.258 e. The van der Waals surface area contributed by atoms with Crippen LogP contribution in [0.3, 0.4) is 0 Å². The zero-order valence-electron chi connectivity index (χ0n) is 14.6. The van der Waals surface area contributed by atoms with Crippen molar-refractivity contribution in [2.45, 2.75) is 0 Å². The number of nitrogens with one attached hydrogen (secondary N) is 1. The Balaban J connectivity index is 1.88. The molecule has 0 fully saturated rings. The summed E-state index contributed by atoms with van der Waals surface area (Å²) in [5, 5.41) is 6.52. The van der Waals surface area contributed by atoms with Crippen LogP contribution in [-0.4, -0.2) is 32.4 Å². The Labute approximate surface area is 150 Å². The van der Waals surface area contributed by atoms with Gasteiger partial charge in [-0.15, -0.1) is 0 Å². The van der Waals surface area contributed by atoms with Crippen molar-refractivity contribution in [3.8, 4) is 28.4 Å². The van der Waals surface area contributed by atoms with Gasteiger partial charge in [-0.2, -0.15) is 0 Å². The van der Waals surface area contributed by atoms with Gasteiger partial charge in [0.25, 0.3) is 5.91 Å². The number of amides is 1. The van der Waals surface area contributed by atoms with E-state index in [9.17, 15) is 4.79 Å². The third-order valence-corrected chi connectivity index (χ3v) is 3.82. The fourth-order valence-electron chi connectivity index (χ4n) is 2.48. The molecule has 0 spiro atoms. The summed E-state index contributed by atoms with van der Waals surface area (Å²) in [7, 11) is 4.67. The normalized spacial score (nSPS) is 10.3. The van der Waals surface area contributed by atoms with E-state index in [1.54, 1.807) is 57.7 Å². The molecule has 1 amide bonds. The van der Waals surface area contributed by atoms with Gasteiger partial charge in [0.15, 0.2) is 11.5 Å². The number of rotatable bonds is 6. The molecule has 134 valence electrons. The monoisotopic (exact) mass is 354 g/mol. The standard InChI is InChI=1S/C19H18N2O5/c1-23-14-6-4-5-13(9-14)18(22)21-19-15(11-20-26-19)12-7-8-16(24-2)17(10-12)25-3/h4-11H,1-3H3,(H,21,22). The second-order valence-electron chi connectivity index (χ2n) is 5.32. The van der Waals surface area contributed by atoms with Gasteiger partial charge in [-0.05, 0) is 35.9 Å². The molecule has 7 nitrogen and oxygen atoms in total. The number of nitrogens with zero attached hydrogens (tertiary/aromatic N) is 1. The maximum absolute atomic E-state index is 12.5. The van der Waals surface area contributed by atoms with Crippen LogP contribution >= 0.6 is 0 Å². The molecule has 1 aromatic heterocycles. The first kappa shape index (κ1) is 17.3. The van der Waals surface area contributed by atoms with Gasteiger partial charge in [-0.1, -0.05) is 17.3 Å². The zero-order valence-corrected chi connectivity index (χ0v) is 14.6. The molecular weight excluding hydrogens is 336 g/mol. The first-order valence-corrected chi connectivity index (χ1v) is 7.78. The molecule has 0 atom stereocenters. The Bertz CT molecular complexity index is 920. The molecule has 2 aromatic carbocycles. The van der Waals surface area contributed by atoms with E-state index in [1.807, 2.05) is 6.07 Å². The van der Waals surface area contributed by atoms with Gasteiger partial charge in [-0.25, -0.2) is 0 Å². The lowest BCUT2D eigenvalue weighted by Gasteiger charge is -2.09. The van der Waals surface area contributed by atoms with E-state index in [0.29, 0.717) is 28.4 Å². The summed E-state index contributed by atoms with van der Waals surface area (Å²) < 4.78 is 20.9. The number of hydrogen-bond donors (Lipinski definition) is 1. The molecule has 0 saturated heterocycles. The molecule has 1 N–H and O–H groups in total. The summed E-state index contributed by atoms with van der Waals surface area (Å²) in [5.74, 6) is 1.67. The Hall–Kier alpha value is -3.48. The van der Waals surface area contributed by atoms with Crippen molar-refractivity contribution in [1.82, 2.24) is 5.16 Å². The smallest absolute Gasteiger partial charge is 0.258 e. The summed E-state index contributed by atoms with van der Waals surface area (Å²) in [6, 6.07) is 12.2. The van der Waals surface area contributed by atoms with Gasteiger partial charge in [0.1, 0.15) is 5.75 Å². The van der Waals surface area contributed by atoms with Crippen LogP contribution in [0.4, 0.5) is 5.88 Å². The van der Waals surface area contributed by atoms with E-state index in [0.717, 1.165) is 5.56 Å². The molecule has 0 aliphatic heterocycles. The minimum absolute atomic E-state index is 0.241. The second kappa shape index (κ2) is 7.60. The minimum atomic E-state index is -0.331. The lowest BCUT2D eigenvalue weighted by Crippen LogP contribution is -2.12. The summed E-state index contributed by atoms with van der Waals surface area (Å²) in [5.41, 5.74) is 1.84. The lowest BCUT2D eigenvalue weighted by molar-refractivity contribution is 0.102. The zero-order chi connectivity index (χ0) is 18.5. The van der Waals surface area contributed by atoms with Crippen molar-refractivity contribution in [3.63, 3.8) is 0 Å². The molecule has 3 aromatic rings. The van der Waals surface area contributed by atoms with Crippen molar-refractivity contribution in [2.75, 3.05) is 26.6 Å². The van der Waals surface area contributed by atoms with Gasteiger partial charge in [-0.3, -0.25) is 10.1 Å². The van der Waals surface area contributed by atoms with Gasteiger partial charge < -0.3 is 18.7 Å². The van der Waals surface area contributed by atoms with E-state index in [1.165, 1.54) is 6.20 Å². The average Bonchev–Trinajstić information content (AvgIpc) is 3.15. The Morgan fingerprint density at radius 1 is 1.00 bits per heavy atom. The van der Waals surface area contributed by atoms with Crippen molar-refractivity contribution >= 4 is 11.8 Å². The van der Waals surface area contributed by atoms with Crippen LogP contribution in [0.2, 0.25) is 0 Å². The number of benzene rings is 2. The molecule has 26 heavy (non-hydrogen) atoms.